The van der Waals surface area contributed by atoms with Crippen LogP contribution in [0, 0.1) is 0 Å². The van der Waals surface area contributed by atoms with Gasteiger partial charge in [-0.05, 0) is 12.8 Å². The van der Waals surface area contributed by atoms with Crippen molar-refractivity contribution in [3.8, 4) is 11.5 Å². The molecule has 1 aromatic carbocycles. The van der Waals surface area contributed by atoms with E-state index in [1.807, 2.05) is 12.1 Å². The highest BCUT2D eigenvalue weighted by atomic mass is 16.5. The van der Waals surface area contributed by atoms with Gasteiger partial charge in [0.25, 0.3) is 0 Å². The fraction of sp³-hybridized carbons (Fsp3) is 0.417. The smallest absolute Gasteiger partial charge is 0.210 e. The van der Waals surface area contributed by atoms with Gasteiger partial charge in [0.05, 0.1) is 20.3 Å². The minimum atomic E-state index is 0.385. The number of guanidine groups is 1. The number of hydrogen-bond acceptors (Lipinski definition) is 4. The highest BCUT2D eigenvalue weighted by Gasteiger charge is 2.21. The fourth-order valence-electron chi connectivity index (χ4n) is 1.51. The Morgan fingerprint density at radius 3 is 2.28 bits per heavy atom. The molecule has 0 amide bonds. The first-order valence-electron chi connectivity index (χ1n) is 5.79. The second-order valence-corrected chi connectivity index (χ2v) is 4.08. The molecule has 0 atom stereocenters. The molecule has 18 heavy (non-hydrogen) atoms. The summed E-state index contributed by atoms with van der Waals surface area (Å²) in [6.07, 6.45) is 2.24. The number of rotatable bonds is 4. The lowest BCUT2D eigenvalue weighted by molar-refractivity contribution is 0.395. The summed E-state index contributed by atoms with van der Waals surface area (Å²) in [6, 6.07) is 5.89. The van der Waals surface area contributed by atoms with Crippen LogP contribution in [-0.4, -0.2) is 26.2 Å². The molecule has 0 aliphatic heterocycles. The van der Waals surface area contributed by atoms with E-state index >= 15 is 0 Å². The molecule has 1 fully saturated rings. The van der Waals surface area contributed by atoms with Gasteiger partial charge >= 0.3 is 0 Å². The van der Waals surface area contributed by atoms with Gasteiger partial charge in [-0.15, -0.1) is 0 Å². The molecule has 4 N–H and O–H groups in total. The van der Waals surface area contributed by atoms with Crippen molar-refractivity contribution in [2.75, 3.05) is 19.5 Å². The van der Waals surface area contributed by atoms with Crippen molar-refractivity contribution < 1.29 is 9.47 Å². The lowest BCUT2D eigenvalue weighted by Crippen LogP contribution is -2.36. The summed E-state index contributed by atoms with van der Waals surface area (Å²) in [7, 11) is 3.22. The second-order valence-electron chi connectivity index (χ2n) is 4.08. The third-order valence-corrected chi connectivity index (χ3v) is 2.61. The van der Waals surface area contributed by atoms with Crippen LogP contribution in [0.15, 0.2) is 23.2 Å². The first kappa shape index (κ1) is 12.5. The molecule has 1 aliphatic carbocycles. The quantitative estimate of drug-likeness (QED) is 0.323. The van der Waals surface area contributed by atoms with Crippen LogP contribution < -0.4 is 26.1 Å². The van der Waals surface area contributed by atoms with Crippen molar-refractivity contribution in [2.45, 2.75) is 18.9 Å². The first-order chi connectivity index (χ1) is 8.75. The van der Waals surface area contributed by atoms with Gasteiger partial charge in [0, 0.05) is 23.9 Å². The predicted octanol–water partition coefficient (Wildman–Crippen LogP) is 1.10. The Morgan fingerprint density at radius 1 is 1.22 bits per heavy atom. The SMILES string of the molecule is COc1cc(NC(=NC2CC2)NN)cc(OC)c1. The zero-order valence-corrected chi connectivity index (χ0v) is 10.6. The largest absolute Gasteiger partial charge is 0.497 e. The van der Waals surface area contributed by atoms with Crippen molar-refractivity contribution in [2.24, 2.45) is 10.8 Å². The van der Waals surface area contributed by atoms with Crippen LogP contribution in [0.5, 0.6) is 11.5 Å². The number of ether oxygens (including phenoxy) is 2. The van der Waals surface area contributed by atoms with Gasteiger partial charge in [0.1, 0.15) is 11.5 Å². The maximum absolute atomic E-state index is 5.43. The van der Waals surface area contributed by atoms with Gasteiger partial charge in [-0.1, -0.05) is 0 Å². The molecule has 6 heteroatoms. The molecule has 0 heterocycles. The molecule has 0 saturated heterocycles. The highest BCUT2D eigenvalue weighted by molar-refractivity contribution is 5.93. The Hall–Kier alpha value is -1.95. The highest BCUT2D eigenvalue weighted by Crippen LogP contribution is 2.26. The van der Waals surface area contributed by atoms with E-state index in [1.165, 1.54) is 0 Å². The van der Waals surface area contributed by atoms with Gasteiger partial charge < -0.3 is 14.8 Å². The fourth-order valence-corrected chi connectivity index (χ4v) is 1.51. The Bertz CT molecular complexity index is 421. The molecular formula is C12H18N4O2. The Balaban J connectivity index is 2.15. The minimum absolute atomic E-state index is 0.385. The lowest BCUT2D eigenvalue weighted by atomic mass is 10.3. The van der Waals surface area contributed by atoms with E-state index in [-0.39, 0.29) is 0 Å². The van der Waals surface area contributed by atoms with Crippen molar-refractivity contribution >= 4 is 11.6 Å². The van der Waals surface area contributed by atoms with Crippen molar-refractivity contribution in [1.82, 2.24) is 5.43 Å². The maximum atomic E-state index is 5.43. The summed E-state index contributed by atoms with van der Waals surface area (Å²) in [6.45, 7) is 0. The molecule has 1 saturated carbocycles. The van der Waals surface area contributed by atoms with Gasteiger partial charge in [-0.2, -0.15) is 0 Å². The van der Waals surface area contributed by atoms with Gasteiger partial charge in [-0.25, -0.2) is 10.8 Å². The van der Waals surface area contributed by atoms with E-state index < -0.39 is 0 Å². The van der Waals surface area contributed by atoms with Crippen molar-refractivity contribution in [1.29, 1.82) is 0 Å². The van der Waals surface area contributed by atoms with Crippen LogP contribution in [-0.2, 0) is 0 Å². The monoisotopic (exact) mass is 250 g/mol. The number of nitrogens with two attached hydrogens (primary N) is 1. The summed E-state index contributed by atoms with van der Waals surface area (Å²) in [5.41, 5.74) is 3.36. The van der Waals surface area contributed by atoms with Crippen molar-refractivity contribution in [3.63, 3.8) is 0 Å². The number of benzene rings is 1. The Morgan fingerprint density at radius 2 is 1.83 bits per heavy atom. The predicted molar refractivity (Wildman–Crippen MR) is 70.9 cm³/mol. The van der Waals surface area contributed by atoms with E-state index in [9.17, 15) is 0 Å². The summed E-state index contributed by atoms with van der Waals surface area (Å²) in [5.74, 6) is 7.40. The molecule has 2 rings (SSSR count). The second kappa shape index (κ2) is 5.59. The minimum Gasteiger partial charge on any atom is -0.497 e. The summed E-state index contributed by atoms with van der Waals surface area (Å²) in [4.78, 5) is 4.40. The third kappa shape index (κ3) is 3.27. The number of anilines is 1. The molecule has 1 aromatic rings. The summed E-state index contributed by atoms with van der Waals surface area (Å²) in [5, 5.41) is 3.10. The van der Waals surface area contributed by atoms with Gasteiger partial charge in [0.15, 0.2) is 0 Å². The molecular weight excluding hydrogens is 232 g/mol. The Kier molecular flexibility index (Phi) is 3.88. The van der Waals surface area contributed by atoms with E-state index in [4.69, 9.17) is 15.3 Å². The van der Waals surface area contributed by atoms with E-state index in [0.29, 0.717) is 23.5 Å². The number of nitrogens with zero attached hydrogens (tertiary/aromatic N) is 1. The average Bonchev–Trinajstić information content (AvgIpc) is 3.21. The zero-order chi connectivity index (χ0) is 13.0. The molecule has 6 nitrogen and oxygen atoms in total. The Labute approximate surface area is 106 Å². The number of hydrogen-bond donors (Lipinski definition) is 3. The first-order valence-corrected chi connectivity index (χ1v) is 5.79. The summed E-state index contributed by atoms with van der Waals surface area (Å²) < 4.78 is 10.4. The summed E-state index contributed by atoms with van der Waals surface area (Å²) >= 11 is 0. The molecule has 0 radical (unpaired) electrons. The number of nitrogens with one attached hydrogen (secondary N) is 2. The molecule has 0 unspecified atom stereocenters. The topological polar surface area (TPSA) is 80.9 Å². The van der Waals surface area contributed by atoms with Crippen molar-refractivity contribution in [3.05, 3.63) is 18.2 Å². The zero-order valence-electron chi connectivity index (χ0n) is 10.6. The van der Waals surface area contributed by atoms with Crippen LogP contribution in [0.1, 0.15) is 12.8 Å². The van der Waals surface area contributed by atoms with Gasteiger partial charge in [0.2, 0.25) is 5.96 Å². The van der Waals surface area contributed by atoms with E-state index in [1.54, 1.807) is 20.3 Å². The van der Waals surface area contributed by atoms with E-state index in [0.717, 1.165) is 18.5 Å². The standard InChI is InChI=1S/C12H18N4O2/c1-17-10-5-9(6-11(7-10)18-2)15-12(16-13)14-8-3-4-8/h5-8H,3-4,13H2,1-2H3,(H2,14,15,16). The lowest BCUT2D eigenvalue weighted by Gasteiger charge is -2.12. The van der Waals surface area contributed by atoms with Crippen LogP contribution >= 0.6 is 0 Å². The molecule has 0 aromatic heterocycles. The van der Waals surface area contributed by atoms with Crippen LogP contribution in [0.3, 0.4) is 0 Å². The number of aliphatic imine (C=N–C) groups is 1. The van der Waals surface area contributed by atoms with Crippen LogP contribution in [0.25, 0.3) is 0 Å². The number of methoxy groups -OCH3 is 2. The molecule has 0 bridgehead atoms. The number of hydrazine groups is 1. The normalized spacial score (nSPS) is 15.2. The molecule has 98 valence electrons. The van der Waals surface area contributed by atoms with Crippen LogP contribution in [0.4, 0.5) is 5.69 Å². The molecule has 1 aliphatic rings. The third-order valence-electron chi connectivity index (χ3n) is 2.61. The van der Waals surface area contributed by atoms with Gasteiger partial charge in [-0.3, -0.25) is 5.43 Å². The maximum Gasteiger partial charge on any atom is 0.210 e. The van der Waals surface area contributed by atoms with Crippen LogP contribution in [0.2, 0.25) is 0 Å². The van der Waals surface area contributed by atoms with E-state index in [2.05, 4.69) is 15.7 Å². The average molecular weight is 250 g/mol. The molecule has 0 spiro atoms.